The molecule has 0 bridgehead atoms. The molecule has 1 aliphatic rings. The molecule has 3 aromatic rings. The van der Waals surface area contributed by atoms with E-state index >= 15 is 0 Å². The van der Waals surface area contributed by atoms with Crippen molar-refractivity contribution < 1.29 is 4.92 Å². The number of nitrogens with two attached hydrogens (primary N) is 1. The van der Waals surface area contributed by atoms with Gasteiger partial charge in [0.25, 0.3) is 5.69 Å². The van der Waals surface area contributed by atoms with Crippen LogP contribution in [0.15, 0.2) is 59.6 Å². The summed E-state index contributed by atoms with van der Waals surface area (Å²) >= 11 is 0. The SMILES string of the molecule is CN=C(N)N(c1ccc([N+](=O)[O-])cc1)c1ccc2c3c(cccc13)CC2. The van der Waals surface area contributed by atoms with Gasteiger partial charge in [0.1, 0.15) is 0 Å². The molecule has 3 aromatic carbocycles. The van der Waals surface area contributed by atoms with E-state index in [-0.39, 0.29) is 5.69 Å². The molecule has 0 saturated carbocycles. The maximum Gasteiger partial charge on any atom is 0.269 e. The van der Waals surface area contributed by atoms with Crippen LogP contribution >= 0.6 is 0 Å². The summed E-state index contributed by atoms with van der Waals surface area (Å²) in [7, 11) is 1.63. The van der Waals surface area contributed by atoms with Crippen molar-refractivity contribution in [1.29, 1.82) is 0 Å². The van der Waals surface area contributed by atoms with Crippen LogP contribution in [0.5, 0.6) is 0 Å². The molecule has 0 radical (unpaired) electrons. The average Bonchev–Trinajstić information content (AvgIpc) is 3.09. The van der Waals surface area contributed by atoms with Crippen molar-refractivity contribution in [3.05, 3.63) is 75.8 Å². The third-order valence-electron chi connectivity index (χ3n) is 4.87. The van der Waals surface area contributed by atoms with E-state index in [4.69, 9.17) is 5.73 Å². The molecule has 26 heavy (non-hydrogen) atoms. The second-order valence-corrected chi connectivity index (χ2v) is 6.27. The van der Waals surface area contributed by atoms with E-state index in [9.17, 15) is 10.1 Å². The highest BCUT2D eigenvalue weighted by molar-refractivity contribution is 6.10. The number of nitrogens with zero attached hydrogens (tertiary/aromatic N) is 3. The summed E-state index contributed by atoms with van der Waals surface area (Å²) in [6.45, 7) is 0. The van der Waals surface area contributed by atoms with Gasteiger partial charge in [-0.15, -0.1) is 0 Å². The third-order valence-corrected chi connectivity index (χ3v) is 4.87. The predicted molar refractivity (Wildman–Crippen MR) is 104 cm³/mol. The molecule has 130 valence electrons. The first-order valence-electron chi connectivity index (χ1n) is 8.40. The fraction of sp³-hybridized carbons (Fsp3) is 0.150. The smallest absolute Gasteiger partial charge is 0.269 e. The lowest BCUT2D eigenvalue weighted by Crippen LogP contribution is -2.33. The van der Waals surface area contributed by atoms with Crippen LogP contribution in [-0.2, 0) is 12.8 Å². The van der Waals surface area contributed by atoms with Crippen LogP contribution in [0, 0.1) is 10.1 Å². The zero-order valence-electron chi connectivity index (χ0n) is 14.3. The van der Waals surface area contributed by atoms with Gasteiger partial charge < -0.3 is 5.73 Å². The van der Waals surface area contributed by atoms with E-state index in [1.807, 2.05) is 11.0 Å². The molecular weight excluding hydrogens is 328 g/mol. The molecule has 2 N–H and O–H groups in total. The summed E-state index contributed by atoms with van der Waals surface area (Å²) in [5.41, 5.74) is 10.6. The van der Waals surface area contributed by atoms with Crippen molar-refractivity contribution in [3.63, 3.8) is 0 Å². The molecule has 6 nitrogen and oxygen atoms in total. The molecule has 4 rings (SSSR count). The highest BCUT2D eigenvalue weighted by Gasteiger charge is 2.21. The molecule has 6 heteroatoms. The maximum atomic E-state index is 10.9. The van der Waals surface area contributed by atoms with Crippen molar-refractivity contribution in [3.8, 4) is 0 Å². The Kier molecular flexibility index (Phi) is 3.80. The summed E-state index contributed by atoms with van der Waals surface area (Å²) < 4.78 is 0. The molecule has 0 fully saturated rings. The van der Waals surface area contributed by atoms with Gasteiger partial charge >= 0.3 is 0 Å². The van der Waals surface area contributed by atoms with E-state index in [0.717, 1.165) is 29.6 Å². The van der Waals surface area contributed by atoms with Crippen LogP contribution in [0.1, 0.15) is 11.1 Å². The second kappa shape index (κ2) is 6.15. The molecule has 0 heterocycles. The number of rotatable bonds is 3. The summed E-state index contributed by atoms with van der Waals surface area (Å²) in [5, 5.41) is 13.3. The van der Waals surface area contributed by atoms with E-state index in [0.29, 0.717) is 5.96 Å². The van der Waals surface area contributed by atoms with Crippen LogP contribution in [0.2, 0.25) is 0 Å². The van der Waals surface area contributed by atoms with Gasteiger partial charge in [-0.2, -0.15) is 0 Å². The largest absolute Gasteiger partial charge is 0.369 e. The molecule has 1 aliphatic carbocycles. The standard InChI is InChI=1S/C20H18N4O2/c1-22-20(21)23(15-8-10-16(11-9-15)24(25)26)18-12-7-14-6-5-13-3-2-4-17(18)19(13)14/h2-4,7-12H,5-6H2,1H3,(H2,21,22). The van der Waals surface area contributed by atoms with Gasteiger partial charge in [0.05, 0.1) is 10.6 Å². The minimum atomic E-state index is -0.412. The lowest BCUT2D eigenvalue weighted by atomic mass is 10.0. The van der Waals surface area contributed by atoms with Crippen molar-refractivity contribution in [1.82, 2.24) is 0 Å². The molecule has 0 spiro atoms. The van der Waals surface area contributed by atoms with Crippen LogP contribution in [0.3, 0.4) is 0 Å². The Morgan fingerprint density at radius 1 is 1.08 bits per heavy atom. The first kappa shape index (κ1) is 16.1. The minimum absolute atomic E-state index is 0.0427. The van der Waals surface area contributed by atoms with E-state index in [2.05, 4.69) is 29.3 Å². The average molecular weight is 346 g/mol. The van der Waals surface area contributed by atoms with E-state index in [1.54, 1.807) is 19.2 Å². The van der Waals surface area contributed by atoms with Gasteiger partial charge in [0, 0.05) is 30.3 Å². The molecule has 0 aromatic heterocycles. The number of non-ortho nitro benzene ring substituents is 1. The monoisotopic (exact) mass is 346 g/mol. The topological polar surface area (TPSA) is 84.8 Å². The van der Waals surface area contributed by atoms with Crippen LogP contribution in [-0.4, -0.2) is 17.9 Å². The number of nitro groups is 1. The Morgan fingerprint density at radius 3 is 2.42 bits per heavy atom. The lowest BCUT2D eigenvalue weighted by Gasteiger charge is -2.25. The zero-order chi connectivity index (χ0) is 18.3. The number of guanidine groups is 1. The first-order valence-corrected chi connectivity index (χ1v) is 8.40. The fourth-order valence-electron chi connectivity index (χ4n) is 3.64. The Labute approximate surface area is 150 Å². The summed E-state index contributed by atoms with van der Waals surface area (Å²) in [6, 6.07) is 16.8. The van der Waals surface area contributed by atoms with Crippen LogP contribution in [0.25, 0.3) is 10.8 Å². The van der Waals surface area contributed by atoms with Crippen LogP contribution in [0.4, 0.5) is 17.1 Å². The van der Waals surface area contributed by atoms with Crippen LogP contribution < -0.4 is 10.6 Å². The lowest BCUT2D eigenvalue weighted by molar-refractivity contribution is -0.384. The van der Waals surface area contributed by atoms with Crippen molar-refractivity contribution in [2.45, 2.75) is 12.8 Å². The number of anilines is 2. The molecule has 0 saturated heterocycles. The first-order chi connectivity index (χ1) is 12.6. The normalized spacial score (nSPS) is 13.2. The number of hydrogen-bond acceptors (Lipinski definition) is 3. The fourth-order valence-corrected chi connectivity index (χ4v) is 3.64. The molecule has 0 aliphatic heterocycles. The van der Waals surface area contributed by atoms with Crippen molar-refractivity contribution in [2.75, 3.05) is 11.9 Å². The number of aryl methyl sites for hydroxylation is 2. The Morgan fingerprint density at radius 2 is 1.77 bits per heavy atom. The summed E-state index contributed by atoms with van der Waals surface area (Å²) in [4.78, 5) is 16.5. The van der Waals surface area contributed by atoms with Crippen molar-refractivity contribution >= 4 is 33.8 Å². The number of nitro benzene ring substituents is 1. The number of hydrogen-bond donors (Lipinski definition) is 1. The third kappa shape index (κ3) is 2.47. The zero-order valence-corrected chi connectivity index (χ0v) is 14.3. The molecule has 0 unspecified atom stereocenters. The Hall–Kier alpha value is -3.41. The number of aliphatic imine (C=N–C) groups is 1. The Balaban J connectivity index is 1.92. The summed E-state index contributed by atoms with van der Waals surface area (Å²) in [6.07, 6.45) is 2.09. The second-order valence-electron chi connectivity index (χ2n) is 6.27. The van der Waals surface area contributed by atoms with Crippen molar-refractivity contribution in [2.24, 2.45) is 10.7 Å². The molecule has 0 amide bonds. The predicted octanol–water partition coefficient (Wildman–Crippen LogP) is 3.93. The highest BCUT2D eigenvalue weighted by Crippen LogP contribution is 2.39. The maximum absolute atomic E-state index is 10.9. The van der Waals surface area contributed by atoms with Gasteiger partial charge in [0.2, 0.25) is 0 Å². The Bertz CT molecular complexity index is 1030. The van der Waals surface area contributed by atoms with Gasteiger partial charge in [0.15, 0.2) is 5.96 Å². The summed E-state index contributed by atoms with van der Waals surface area (Å²) in [5.74, 6) is 0.331. The van der Waals surface area contributed by atoms with Gasteiger partial charge in [-0.3, -0.25) is 20.0 Å². The minimum Gasteiger partial charge on any atom is -0.369 e. The van der Waals surface area contributed by atoms with Gasteiger partial charge in [-0.25, -0.2) is 0 Å². The molecule has 0 atom stereocenters. The number of benzene rings is 3. The van der Waals surface area contributed by atoms with Gasteiger partial charge in [-0.05, 0) is 47.6 Å². The quantitative estimate of drug-likeness (QED) is 0.337. The van der Waals surface area contributed by atoms with E-state index < -0.39 is 4.92 Å². The molecular formula is C20H18N4O2. The van der Waals surface area contributed by atoms with E-state index in [1.165, 1.54) is 28.6 Å². The van der Waals surface area contributed by atoms with Gasteiger partial charge in [-0.1, -0.05) is 24.3 Å². The highest BCUT2D eigenvalue weighted by atomic mass is 16.6.